The summed E-state index contributed by atoms with van der Waals surface area (Å²) in [6.45, 7) is 1.19. The van der Waals surface area contributed by atoms with Crippen LogP contribution in [0.3, 0.4) is 0 Å². The number of hydrogen-bond donors (Lipinski definition) is 2. The lowest BCUT2D eigenvalue weighted by Gasteiger charge is -2.05. The van der Waals surface area contributed by atoms with E-state index in [-0.39, 0.29) is 0 Å². The van der Waals surface area contributed by atoms with Crippen molar-refractivity contribution in [3.63, 3.8) is 0 Å². The van der Waals surface area contributed by atoms with Gasteiger partial charge in [0, 0.05) is 60.1 Å². The summed E-state index contributed by atoms with van der Waals surface area (Å²) in [5, 5.41) is 0. The number of pyridine rings is 2. The van der Waals surface area contributed by atoms with Crippen molar-refractivity contribution in [3.05, 3.63) is 132 Å². The summed E-state index contributed by atoms with van der Waals surface area (Å²) < 4.78 is 6.23. The van der Waals surface area contributed by atoms with Crippen LogP contribution < -0.4 is 11.5 Å². The summed E-state index contributed by atoms with van der Waals surface area (Å²) >= 11 is 0. The molecule has 0 atom stereocenters. The molecule has 0 aliphatic heterocycles. The van der Waals surface area contributed by atoms with Crippen LogP contribution in [0.5, 0.6) is 0 Å². The number of amidine groups is 2. The van der Waals surface area contributed by atoms with Crippen molar-refractivity contribution in [2.75, 3.05) is 13.1 Å². The standard InChI is InChI=1S/C32H30N6O/c33-31(37-17-13-23-5-3-15-35-21-23)27-9-1-7-25(19-27)29-11-12-30(39-29)26-8-2-10-28(20-26)32(34)38-18-14-24-6-4-16-36-22-24/h1-12,15-16,19-22H,13-14,17-18H2,(H2,33,37)(H2,34,38). The molecule has 0 saturated carbocycles. The number of nitrogens with two attached hydrogens (primary N) is 2. The van der Waals surface area contributed by atoms with Gasteiger partial charge in [-0.05, 0) is 60.4 Å². The fraction of sp³-hybridized carbons (Fsp3) is 0.125. The summed E-state index contributed by atoms with van der Waals surface area (Å²) in [7, 11) is 0. The predicted octanol–water partition coefficient (Wildman–Crippen LogP) is 5.30. The van der Waals surface area contributed by atoms with Crippen LogP contribution in [0.1, 0.15) is 22.3 Å². The normalized spacial score (nSPS) is 12.0. The van der Waals surface area contributed by atoms with Gasteiger partial charge in [0.1, 0.15) is 23.2 Å². The van der Waals surface area contributed by atoms with Crippen molar-refractivity contribution in [2.24, 2.45) is 21.5 Å². The Kier molecular flexibility index (Phi) is 8.19. The quantitative estimate of drug-likeness (QED) is 0.194. The van der Waals surface area contributed by atoms with Crippen molar-refractivity contribution in [2.45, 2.75) is 12.8 Å². The highest BCUT2D eigenvalue weighted by Crippen LogP contribution is 2.29. The SMILES string of the molecule is NC(=NCCc1cccnc1)c1cccc(-c2ccc(-c3cccc(C(N)=NCCc4cccnc4)c3)o2)c1. The maximum atomic E-state index is 6.29. The largest absolute Gasteiger partial charge is 0.456 e. The molecule has 0 fully saturated rings. The second kappa shape index (κ2) is 12.5. The lowest BCUT2D eigenvalue weighted by molar-refractivity contribution is 0.597. The third kappa shape index (κ3) is 6.84. The minimum Gasteiger partial charge on any atom is -0.456 e. The molecule has 5 rings (SSSR count). The van der Waals surface area contributed by atoms with Gasteiger partial charge in [0.05, 0.1) is 0 Å². The zero-order chi connectivity index (χ0) is 26.9. The van der Waals surface area contributed by atoms with Gasteiger partial charge >= 0.3 is 0 Å². The van der Waals surface area contributed by atoms with E-state index in [1.54, 1.807) is 12.4 Å². The van der Waals surface area contributed by atoms with Crippen molar-refractivity contribution in [3.8, 4) is 22.6 Å². The van der Waals surface area contributed by atoms with Crippen LogP contribution in [-0.4, -0.2) is 34.7 Å². The monoisotopic (exact) mass is 514 g/mol. The molecular weight excluding hydrogens is 484 g/mol. The van der Waals surface area contributed by atoms with Gasteiger partial charge in [-0.2, -0.15) is 0 Å². The number of furan rings is 1. The van der Waals surface area contributed by atoms with Gasteiger partial charge in [0.15, 0.2) is 0 Å². The van der Waals surface area contributed by atoms with Crippen LogP contribution in [0, 0.1) is 0 Å². The second-order valence-electron chi connectivity index (χ2n) is 9.08. The van der Waals surface area contributed by atoms with E-state index < -0.39 is 0 Å². The summed E-state index contributed by atoms with van der Waals surface area (Å²) in [5.41, 5.74) is 18.4. The molecule has 0 saturated heterocycles. The smallest absolute Gasteiger partial charge is 0.134 e. The maximum absolute atomic E-state index is 6.29. The minimum atomic E-state index is 0.499. The molecular formula is C32H30N6O. The number of aliphatic imine (C=N–C) groups is 2. The summed E-state index contributed by atoms with van der Waals surface area (Å²) in [5.74, 6) is 2.49. The molecule has 0 bridgehead atoms. The molecule has 3 aromatic heterocycles. The molecule has 7 nitrogen and oxygen atoms in total. The van der Waals surface area contributed by atoms with Crippen LogP contribution in [0.15, 0.2) is 124 Å². The maximum Gasteiger partial charge on any atom is 0.134 e. The first-order chi connectivity index (χ1) is 19.2. The number of hydrogen-bond acceptors (Lipinski definition) is 5. The Bertz CT molecular complexity index is 1460. The lowest BCUT2D eigenvalue weighted by atomic mass is 10.1. The number of rotatable bonds is 10. The van der Waals surface area contributed by atoms with Gasteiger partial charge in [0.2, 0.25) is 0 Å². The Morgan fingerprint density at radius 1 is 0.615 bits per heavy atom. The van der Waals surface area contributed by atoms with E-state index in [9.17, 15) is 0 Å². The van der Waals surface area contributed by atoms with E-state index in [1.165, 1.54) is 0 Å². The van der Waals surface area contributed by atoms with E-state index in [0.717, 1.165) is 57.7 Å². The van der Waals surface area contributed by atoms with Gasteiger partial charge in [-0.3, -0.25) is 20.0 Å². The number of nitrogens with zero attached hydrogens (tertiary/aromatic N) is 4. The Balaban J connectivity index is 1.26. The molecule has 0 spiro atoms. The van der Waals surface area contributed by atoms with Gasteiger partial charge in [-0.25, -0.2) is 0 Å². The van der Waals surface area contributed by atoms with E-state index >= 15 is 0 Å². The molecule has 5 aromatic rings. The molecule has 194 valence electrons. The van der Waals surface area contributed by atoms with Gasteiger partial charge in [0.25, 0.3) is 0 Å². The zero-order valence-corrected chi connectivity index (χ0v) is 21.6. The molecule has 4 N–H and O–H groups in total. The Hall–Kier alpha value is -5.04. The fourth-order valence-electron chi connectivity index (χ4n) is 4.20. The fourth-order valence-corrected chi connectivity index (χ4v) is 4.20. The molecule has 0 radical (unpaired) electrons. The first-order valence-electron chi connectivity index (χ1n) is 12.8. The number of benzene rings is 2. The minimum absolute atomic E-state index is 0.499. The molecule has 0 amide bonds. The average Bonchev–Trinajstić information content (AvgIpc) is 3.49. The molecule has 0 aliphatic carbocycles. The van der Waals surface area contributed by atoms with E-state index in [0.29, 0.717) is 24.8 Å². The van der Waals surface area contributed by atoms with Gasteiger partial charge < -0.3 is 15.9 Å². The van der Waals surface area contributed by atoms with Gasteiger partial charge in [-0.15, -0.1) is 0 Å². The third-order valence-corrected chi connectivity index (χ3v) is 6.30. The number of aromatic nitrogens is 2. The van der Waals surface area contributed by atoms with E-state index in [1.807, 2.05) is 97.3 Å². The predicted molar refractivity (Wildman–Crippen MR) is 157 cm³/mol. The second-order valence-corrected chi connectivity index (χ2v) is 9.08. The molecule has 39 heavy (non-hydrogen) atoms. The molecule has 7 heteroatoms. The molecule has 3 heterocycles. The Labute approximate surface area is 228 Å². The Morgan fingerprint density at radius 3 is 1.54 bits per heavy atom. The van der Waals surface area contributed by atoms with Crippen LogP contribution in [0.25, 0.3) is 22.6 Å². The van der Waals surface area contributed by atoms with Crippen molar-refractivity contribution >= 4 is 11.7 Å². The van der Waals surface area contributed by atoms with Crippen LogP contribution >= 0.6 is 0 Å². The first kappa shape index (κ1) is 25.6. The summed E-state index contributed by atoms with van der Waals surface area (Å²) in [6.07, 6.45) is 8.80. The van der Waals surface area contributed by atoms with Crippen LogP contribution in [0.2, 0.25) is 0 Å². The first-order valence-corrected chi connectivity index (χ1v) is 12.8. The van der Waals surface area contributed by atoms with Gasteiger partial charge in [-0.1, -0.05) is 48.5 Å². The molecule has 2 aromatic carbocycles. The topological polar surface area (TPSA) is 116 Å². The average molecular weight is 515 g/mol. The highest BCUT2D eigenvalue weighted by Gasteiger charge is 2.10. The van der Waals surface area contributed by atoms with Crippen LogP contribution in [-0.2, 0) is 12.8 Å². The van der Waals surface area contributed by atoms with E-state index in [2.05, 4.69) is 20.0 Å². The van der Waals surface area contributed by atoms with Crippen molar-refractivity contribution < 1.29 is 4.42 Å². The zero-order valence-electron chi connectivity index (χ0n) is 21.6. The lowest BCUT2D eigenvalue weighted by Crippen LogP contribution is -2.14. The highest BCUT2D eigenvalue weighted by molar-refractivity contribution is 5.99. The molecule has 0 unspecified atom stereocenters. The third-order valence-electron chi connectivity index (χ3n) is 6.30. The van der Waals surface area contributed by atoms with Crippen molar-refractivity contribution in [1.29, 1.82) is 0 Å². The summed E-state index contributed by atoms with van der Waals surface area (Å²) in [4.78, 5) is 17.4. The van der Waals surface area contributed by atoms with Crippen molar-refractivity contribution in [1.82, 2.24) is 9.97 Å². The summed E-state index contributed by atoms with van der Waals surface area (Å²) in [6, 6.07) is 27.7. The highest BCUT2D eigenvalue weighted by atomic mass is 16.3. The van der Waals surface area contributed by atoms with E-state index in [4.69, 9.17) is 15.9 Å². The Morgan fingerprint density at radius 2 is 1.10 bits per heavy atom. The molecule has 0 aliphatic rings. The van der Waals surface area contributed by atoms with Crippen LogP contribution in [0.4, 0.5) is 0 Å².